The van der Waals surface area contributed by atoms with Crippen molar-refractivity contribution >= 4 is 62.0 Å². The summed E-state index contributed by atoms with van der Waals surface area (Å²) >= 11 is 3.39. The number of aryl methyl sites for hydroxylation is 1. The molecule has 0 radical (unpaired) electrons. The lowest BCUT2D eigenvalue weighted by Gasteiger charge is -2.05. The molecule has 8 nitrogen and oxygen atoms in total. The smallest absolute Gasteiger partial charge is 0.331 e. The number of furan rings is 1. The molecule has 4 rings (SSSR count). The first-order chi connectivity index (χ1) is 12.5. The van der Waals surface area contributed by atoms with Crippen LogP contribution in [-0.4, -0.2) is 25.1 Å². The molecule has 4 aromatic heterocycles. The van der Waals surface area contributed by atoms with Gasteiger partial charge in [0.05, 0.1) is 5.52 Å². The van der Waals surface area contributed by atoms with Gasteiger partial charge in [0.2, 0.25) is 5.78 Å². The Morgan fingerprint density at radius 3 is 3.00 bits per heavy atom. The Bertz CT molecular complexity index is 1220. The van der Waals surface area contributed by atoms with Gasteiger partial charge in [0.15, 0.2) is 16.2 Å². The molecule has 0 spiro atoms. The third kappa shape index (κ3) is 2.94. The van der Waals surface area contributed by atoms with Gasteiger partial charge in [-0.3, -0.25) is 13.8 Å². The quantitative estimate of drug-likeness (QED) is 0.252. The highest BCUT2D eigenvalue weighted by atomic mass is 127. The third-order valence-electron chi connectivity index (χ3n) is 3.72. The monoisotopic (exact) mass is 482 g/mol. The molecule has 26 heavy (non-hydrogen) atoms. The van der Waals surface area contributed by atoms with Crippen LogP contribution >= 0.6 is 33.9 Å². The number of nitrogens with zero attached hydrogens (tertiary/aromatic N) is 4. The molecule has 0 unspecified atom stereocenters. The number of hydrogen-bond donors (Lipinski definition) is 0. The molecule has 10 heteroatoms. The molecule has 0 aliphatic rings. The summed E-state index contributed by atoms with van der Waals surface area (Å²) < 4.78 is 15.1. The van der Waals surface area contributed by atoms with E-state index in [4.69, 9.17) is 9.15 Å². The van der Waals surface area contributed by atoms with E-state index in [1.165, 1.54) is 28.1 Å². The second-order valence-electron chi connectivity index (χ2n) is 5.33. The summed E-state index contributed by atoms with van der Waals surface area (Å²) in [6.45, 7) is -0.0663. The summed E-state index contributed by atoms with van der Waals surface area (Å²) in [5.41, 5.74) is 0.569. The molecule has 0 aliphatic carbocycles. The lowest BCUT2D eigenvalue weighted by atomic mass is 10.4. The number of rotatable bonds is 4. The van der Waals surface area contributed by atoms with Crippen LogP contribution in [0.1, 0.15) is 11.6 Å². The van der Waals surface area contributed by atoms with E-state index < -0.39 is 5.97 Å². The number of thiophene rings is 1. The Morgan fingerprint density at radius 1 is 1.38 bits per heavy atom. The zero-order valence-electron chi connectivity index (χ0n) is 13.4. The highest BCUT2D eigenvalue weighted by Gasteiger charge is 2.16. The fourth-order valence-electron chi connectivity index (χ4n) is 2.50. The van der Waals surface area contributed by atoms with E-state index in [-0.39, 0.29) is 12.2 Å². The van der Waals surface area contributed by atoms with Gasteiger partial charge in [0.25, 0.3) is 5.56 Å². The number of hydrogen-bond acceptors (Lipinski definition) is 7. The highest BCUT2D eigenvalue weighted by molar-refractivity contribution is 14.1. The van der Waals surface area contributed by atoms with Crippen LogP contribution in [0.5, 0.6) is 0 Å². The van der Waals surface area contributed by atoms with Crippen LogP contribution in [-0.2, 0) is 23.2 Å². The largest absolute Gasteiger partial charge is 0.454 e. The van der Waals surface area contributed by atoms with Crippen LogP contribution in [0.25, 0.3) is 22.1 Å². The van der Waals surface area contributed by atoms with Crippen LogP contribution in [0.15, 0.2) is 38.9 Å². The standard InChI is InChI=1S/C16H11IN4O4S/c1-20-15(23)14-10(6-7-26-14)21-12(18-19-16(20)21)8-24-13(22)5-3-9-2-4-11(17)25-9/h2-7H,8H2,1H3/b5-3+. The molecule has 0 aliphatic heterocycles. The van der Waals surface area contributed by atoms with Crippen molar-refractivity contribution in [3.8, 4) is 0 Å². The fourth-order valence-corrected chi connectivity index (χ4v) is 3.78. The Balaban J connectivity index is 1.59. The van der Waals surface area contributed by atoms with E-state index in [0.29, 0.717) is 27.6 Å². The second kappa shape index (κ2) is 6.68. The van der Waals surface area contributed by atoms with E-state index in [2.05, 4.69) is 10.2 Å². The summed E-state index contributed by atoms with van der Waals surface area (Å²) in [7, 11) is 1.63. The van der Waals surface area contributed by atoms with E-state index in [9.17, 15) is 9.59 Å². The van der Waals surface area contributed by atoms with E-state index in [1.54, 1.807) is 23.6 Å². The van der Waals surface area contributed by atoms with Crippen molar-refractivity contribution < 1.29 is 13.9 Å². The Kier molecular flexibility index (Phi) is 4.36. The lowest BCUT2D eigenvalue weighted by Crippen LogP contribution is -2.19. The molecule has 0 aromatic carbocycles. The molecule has 0 saturated carbocycles. The predicted molar refractivity (Wildman–Crippen MR) is 104 cm³/mol. The zero-order valence-corrected chi connectivity index (χ0v) is 16.4. The Morgan fingerprint density at radius 2 is 2.23 bits per heavy atom. The van der Waals surface area contributed by atoms with Gasteiger partial charge in [-0.25, -0.2) is 4.79 Å². The summed E-state index contributed by atoms with van der Waals surface area (Å²) in [6.07, 6.45) is 2.82. The number of carbonyl (C=O) groups excluding carboxylic acids is 1. The minimum Gasteiger partial charge on any atom is -0.454 e. The predicted octanol–water partition coefficient (Wildman–Crippen LogP) is 2.60. The molecule has 0 amide bonds. The van der Waals surface area contributed by atoms with Crippen LogP contribution in [0.4, 0.5) is 0 Å². The summed E-state index contributed by atoms with van der Waals surface area (Å²) in [6, 6.07) is 5.37. The first-order valence-electron chi connectivity index (χ1n) is 7.45. The molecular weight excluding hydrogens is 471 g/mol. The average Bonchev–Trinajstić information content (AvgIpc) is 3.34. The maximum absolute atomic E-state index is 12.3. The second-order valence-corrected chi connectivity index (χ2v) is 7.31. The normalized spacial score (nSPS) is 11.8. The van der Waals surface area contributed by atoms with Crippen molar-refractivity contribution in [1.82, 2.24) is 19.2 Å². The molecule has 0 N–H and O–H groups in total. The number of halogens is 1. The lowest BCUT2D eigenvalue weighted by molar-refractivity contribution is -0.139. The Hall–Kier alpha value is -2.47. The van der Waals surface area contributed by atoms with Crippen molar-refractivity contribution in [2.75, 3.05) is 0 Å². The molecule has 4 aromatic rings. The van der Waals surface area contributed by atoms with Crippen molar-refractivity contribution in [2.24, 2.45) is 7.05 Å². The van der Waals surface area contributed by atoms with Crippen molar-refractivity contribution in [3.05, 3.63) is 55.4 Å². The maximum atomic E-state index is 12.3. The first-order valence-corrected chi connectivity index (χ1v) is 9.41. The summed E-state index contributed by atoms with van der Waals surface area (Å²) in [5.74, 6) is 0.870. The van der Waals surface area contributed by atoms with Gasteiger partial charge in [-0.15, -0.1) is 21.5 Å². The molecule has 4 heterocycles. The number of carbonyl (C=O) groups is 1. The molecule has 0 atom stereocenters. The summed E-state index contributed by atoms with van der Waals surface area (Å²) in [4.78, 5) is 24.2. The van der Waals surface area contributed by atoms with Gasteiger partial charge in [0, 0.05) is 13.1 Å². The van der Waals surface area contributed by atoms with Gasteiger partial charge in [-0.05, 0) is 52.2 Å². The van der Waals surface area contributed by atoms with Gasteiger partial charge in [0.1, 0.15) is 10.5 Å². The van der Waals surface area contributed by atoms with Crippen molar-refractivity contribution in [3.63, 3.8) is 0 Å². The number of esters is 1. The van der Waals surface area contributed by atoms with Crippen LogP contribution < -0.4 is 5.56 Å². The number of aromatic nitrogens is 4. The van der Waals surface area contributed by atoms with Crippen molar-refractivity contribution in [1.29, 1.82) is 0 Å². The first kappa shape index (κ1) is 17.0. The van der Waals surface area contributed by atoms with Crippen LogP contribution in [0, 0.1) is 3.77 Å². The Labute approximate surface area is 163 Å². The topological polar surface area (TPSA) is 91.6 Å². The van der Waals surface area contributed by atoms with E-state index >= 15 is 0 Å². The molecule has 0 fully saturated rings. The van der Waals surface area contributed by atoms with E-state index in [0.717, 1.165) is 3.77 Å². The van der Waals surface area contributed by atoms with Gasteiger partial charge in [-0.2, -0.15) is 0 Å². The third-order valence-corrected chi connectivity index (χ3v) is 5.19. The molecule has 0 saturated heterocycles. The van der Waals surface area contributed by atoms with Crippen LogP contribution in [0.2, 0.25) is 0 Å². The number of fused-ring (bicyclic) bond motifs is 3. The van der Waals surface area contributed by atoms with Gasteiger partial charge >= 0.3 is 5.97 Å². The highest BCUT2D eigenvalue weighted by Crippen LogP contribution is 2.19. The summed E-state index contributed by atoms with van der Waals surface area (Å²) in [5, 5.41) is 9.92. The maximum Gasteiger partial charge on any atom is 0.331 e. The molecule has 132 valence electrons. The average molecular weight is 482 g/mol. The van der Waals surface area contributed by atoms with Gasteiger partial charge < -0.3 is 9.15 Å². The van der Waals surface area contributed by atoms with Crippen LogP contribution in [0.3, 0.4) is 0 Å². The molecule has 0 bridgehead atoms. The zero-order chi connectivity index (χ0) is 18.3. The van der Waals surface area contributed by atoms with E-state index in [1.807, 2.05) is 34.0 Å². The minimum atomic E-state index is -0.528. The molecular formula is C16H11IN4O4S. The van der Waals surface area contributed by atoms with Gasteiger partial charge in [-0.1, -0.05) is 0 Å². The minimum absolute atomic E-state index is 0.0663. The SMILES string of the molecule is Cn1c(=O)c2sccc2n2c(COC(=O)/C=C/c3ccc(I)o3)nnc12. The van der Waals surface area contributed by atoms with Crippen molar-refractivity contribution in [2.45, 2.75) is 6.61 Å². The fraction of sp³-hybridized carbons (Fsp3) is 0.125. The number of ether oxygens (including phenoxy) is 1.